The number of rotatable bonds is 6. The predicted molar refractivity (Wildman–Crippen MR) is 108 cm³/mol. The Bertz CT molecular complexity index is 1020. The van der Waals surface area contributed by atoms with Crippen molar-refractivity contribution in [3.63, 3.8) is 0 Å². The molecule has 0 saturated heterocycles. The fraction of sp³-hybridized carbons (Fsp3) is 0.389. The molecule has 3 rings (SSSR count). The van der Waals surface area contributed by atoms with Crippen molar-refractivity contribution in [3.05, 3.63) is 34.8 Å². The molecule has 0 aliphatic carbocycles. The molecule has 150 valence electrons. The van der Waals surface area contributed by atoms with Gasteiger partial charge in [0.25, 0.3) is 0 Å². The number of nitrogens with zero attached hydrogens (tertiary/aromatic N) is 2. The molecule has 1 aromatic carbocycles. The van der Waals surface area contributed by atoms with Crippen molar-refractivity contribution in [2.75, 3.05) is 16.8 Å². The first-order valence-electron chi connectivity index (χ1n) is 8.82. The van der Waals surface area contributed by atoms with E-state index in [0.29, 0.717) is 11.6 Å². The normalized spacial score (nSPS) is 16.1. The van der Waals surface area contributed by atoms with Gasteiger partial charge in [-0.25, -0.2) is 18.1 Å². The van der Waals surface area contributed by atoms with Crippen LogP contribution in [0.5, 0.6) is 0 Å². The molecule has 0 saturated carbocycles. The summed E-state index contributed by atoms with van der Waals surface area (Å²) in [5.41, 5.74) is 2.38. The lowest BCUT2D eigenvalue weighted by molar-refractivity contribution is -0.117. The lowest BCUT2D eigenvalue weighted by atomic mass is 10.1. The molecular formula is C18H22N4O4S2. The quantitative estimate of drug-likeness (QED) is 0.741. The highest BCUT2D eigenvalue weighted by Crippen LogP contribution is 2.33. The number of aryl methyl sites for hydroxylation is 1. The van der Waals surface area contributed by atoms with Gasteiger partial charge in [0.2, 0.25) is 21.8 Å². The van der Waals surface area contributed by atoms with Crippen molar-refractivity contribution in [1.29, 1.82) is 0 Å². The van der Waals surface area contributed by atoms with Crippen LogP contribution in [0.3, 0.4) is 0 Å². The summed E-state index contributed by atoms with van der Waals surface area (Å²) >= 11 is 1.32. The van der Waals surface area contributed by atoms with E-state index < -0.39 is 10.0 Å². The van der Waals surface area contributed by atoms with Gasteiger partial charge in [0.1, 0.15) is 0 Å². The molecule has 0 spiro atoms. The number of sulfonamides is 1. The van der Waals surface area contributed by atoms with Crippen LogP contribution in [-0.4, -0.2) is 37.8 Å². The second-order valence-electron chi connectivity index (χ2n) is 6.72. The average Bonchev–Trinajstić information content (AvgIpc) is 3.15. The Hall–Kier alpha value is -2.30. The summed E-state index contributed by atoms with van der Waals surface area (Å²) in [4.78, 5) is 29.6. The van der Waals surface area contributed by atoms with E-state index in [0.717, 1.165) is 16.9 Å². The molecule has 2 amide bonds. The Morgan fingerprint density at radius 2 is 2.11 bits per heavy atom. The highest BCUT2D eigenvalue weighted by Gasteiger charge is 2.30. The summed E-state index contributed by atoms with van der Waals surface area (Å²) in [5.74, 6) is -0.377. The van der Waals surface area contributed by atoms with E-state index in [4.69, 9.17) is 0 Å². The number of anilines is 2. The molecule has 0 unspecified atom stereocenters. The van der Waals surface area contributed by atoms with Gasteiger partial charge >= 0.3 is 0 Å². The van der Waals surface area contributed by atoms with Crippen LogP contribution in [0.2, 0.25) is 0 Å². The molecule has 1 aromatic heterocycles. The van der Waals surface area contributed by atoms with Crippen LogP contribution < -0.4 is 14.9 Å². The molecule has 1 atom stereocenters. The Morgan fingerprint density at radius 3 is 2.75 bits per heavy atom. The van der Waals surface area contributed by atoms with E-state index >= 15 is 0 Å². The third-order valence-corrected chi connectivity index (χ3v) is 6.76. The number of fused-ring (bicyclic) bond motifs is 1. The molecule has 2 aromatic rings. The average molecular weight is 423 g/mol. The van der Waals surface area contributed by atoms with E-state index in [1.807, 2.05) is 19.2 Å². The third-order valence-electron chi connectivity index (χ3n) is 4.43. The zero-order valence-electron chi connectivity index (χ0n) is 15.9. The first-order chi connectivity index (χ1) is 13.2. The van der Waals surface area contributed by atoms with Crippen LogP contribution in [0, 0.1) is 6.92 Å². The topological polar surface area (TPSA) is 108 Å². The van der Waals surface area contributed by atoms with Crippen LogP contribution in [0.4, 0.5) is 10.8 Å². The van der Waals surface area contributed by atoms with E-state index in [1.165, 1.54) is 24.3 Å². The number of hydrogen-bond acceptors (Lipinski definition) is 6. The van der Waals surface area contributed by atoms with Crippen LogP contribution in [-0.2, 0) is 26.0 Å². The number of benzene rings is 1. The molecule has 8 nitrogen and oxygen atoms in total. The number of carbonyl (C=O) groups is 2. The van der Waals surface area contributed by atoms with E-state index in [9.17, 15) is 18.0 Å². The molecular weight excluding hydrogens is 400 g/mol. The molecule has 1 aliphatic rings. The summed E-state index contributed by atoms with van der Waals surface area (Å²) in [6.45, 7) is 5.23. The highest BCUT2D eigenvalue weighted by molar-refractivity contribution is 7.89. The Labute approximate surface area is 168 Å². The van der Waals surface area contributed by atoms with Gasteiger partial charge in [-0.1, -0.05) is 0 Å². The minimum Gasteiger partial charge on any atom is -0.309 e. The van der Waals surface area contributed by atoms with Gasteiger partial charge in [-0.2, -0.15) is 0 Å². The van der Waals surface area contributed by atoms with Gasteiger partial charge in [-0.05, 0) is 44.0 Å². The van der Waals surface area contributed by atoms with Crippen LogP contribution in [0.25, 0.3) is 0 Å². The molecule has 28 heavy (non-hydrogen) atoms. The molecule has 10 heteroatoms. The van der Waals surface area contributed by atoms with Crippen LogP contribution in [0.1, 0.15) is 31.5 Å². The van der Waals surface area contributed by atoms with Crippen molar-refractivity contribution in [2.45, 2.75) is 44.6 Å². The van der Waals surface area contributed by atoms with E-state index in [-0.39, 0.29) is 35.7 Å². The fourth-order valence-electron chi connectivity index (χ4n) is 3.23. The van der Waals surface area contributed by atoms with E-state index in [2.05, 4.69) is 15.0 Å². The van der Waals surface area contributed by atoms with Gasteiger partial charge in [-0.15, -0.1) is 11.3 Å². The zero-order valence-corrected chi connectivity index (χ0v) is 17.5. The largest absolute Gasteiger partial charge is 0.309 e. The van der Waals surface area contributed by atoms with Gasteiger partial charge in [0, 0.05) is 37.0 Å². The molecule has 0 bridgehead atoms. The predicted octanol–water partition coefficient (Wildman–Crippen LogP) is 2.06. The number of carbonyl (C=O) groups excluding carboxylic acids is 2. The highest BCUT2D eigenvalue weighted by atomic mass is 32.2. The van der Waals surface area contributed by atoms with Gasteiger partial charge in [0.05, 0.1) is 10.6 Å². The number of hydrogen-bond donors (Lipinski definition) is 2. The monoisotopic (exact) mass is 422 g/mol. The maximum atomic E-state index is 12.5. The number of aromatic nitrogens is 1. The first kappa shape index (κ1) is 20.4. The minimum atomic E-state index is -3.75. The standard InChI is InChI=1S/C18H22N4O4S2/c1-11-10-27-18(20-11)21-17(24)6-7-19-28(25,26)15-4-5-16-14(9-15)8-12(2)22(16)13(3)23/h4-5,9-10,12,19H,6-8H2,1-3H3,(H,20,21,24)/t12-/m1/s1. The summed E-state index contributed by atoms with van der Waals surface area (Å²) in [7, 11) is -3.75. The number of nitrogens with one attached hydrogen (secondary N) is 2. The van der Waals surface area contributed by atoms with E-state index in [1.54, 1.807) is 17.0 Å². The maximum Gasteiger partial charge on any atom is 0.240 e. The Balaban J connectivity index is 1.61. The van der Waals surface area contributed by atoms with Crippen molar-refractivity contribution in [2.24, 2.45) is 0 Å². The zero-order chi connectivity index (χ0) is 20.5. The van der Waals surface area contributed by atoms with Gasteiger partial charge in [-0.3, -0.25) is 9.59 Å². The summed E-state index contributed by atoms with van der Waals surface area (Å²) < 4.78 is 27.5. The van der Waals surface area contributed by atoms with Crippen molar-refractivity contribution in [3.8, 4) is 0 Å². The number of thiazole rings is 1. The lowest BCUT2D eigenvalue weighted by Gasteiger charge is -2.20. The van der Waals surface area contributed by atoms with Crippen molar-refractivity contribution < 1.29 is 18.0 Å². The van der Waals surface area contributed by atoms with Crippen molar-refractivity contribution >= 4 is 44.0 Å². The molecule has 1 aliphatic heterocycles. The van der Waals surface area contributed by atoms with Crippen LogP contribution in [0.15, 0.2) is 28.5 Å². The smallest absolute Gasteiger partial charge is 0.240 e. The second kappa shape index (κ2) is 7.98. The molecule has 0 radical (unpaired) electrons. The van der Waals surface area contributed by atoms with Gasteiger partial charge in [0.15, 0.2) is 5.13 Å². The fourth-order valence-corrected chi connectivity index (χ4v) is 5.02. The lowest BCUT2D eigenvalue weighted by Crippen LogP contribution is -2.33. The second-order valence-corrected chi connectivity index (χ2v) is 9.35. The summed E-state index contributed by atoms with van der Waals surface area (Å²) in [5, 5.41) is 4.95. The summed E-state index contributed by atoms with van der Waals surface area (Å²) in [6, 6.07) is 4.73. The summed E-state index contributed by atoms with van der Waals surface area (Å²) in [6.07, 6.45) is 0.603. The molecule has 2 heterocycles. The number of amides is 2. The first-order valence-corrected chi connectivity index (χ1v) is 11.2. The minimum absolute atomic E-state index is 0.00204. The SMILES string of the molecule is CC(=O)N1c2ccc(S(=O)(=O)NCCC(=O)Nc3nc(C)cs3)cc2C[C@H]1C. The Morgan fingerprint density at radius 1 is 1.36 bits per heavy atom. The third kappa shape index (κ3) is 4.40. The van der Waals surface area contributed by atoms with Crippen LogP contribution >= 0.6 is 11.3 Å². The molecule has 2 N–H and O–H groups in total. The Kier molecular flexibility index (Phi) is 5.82. The van der Waals surface area contributed by atoms with Gasteiger partial charge < -0.3 is 10.2 Å². The molecule has 0 fully saturated rings. The van der Waals surface area contributed by atoms with Crippen molar-refractivity contribution in [1.82, 2.24) is 9.71 Å². The maximum absolute atomic E-state index is 12.5.